The van der Waals surface area contributed by atoms with Gasteiger partial charge in [-0.1, -0.05) is 36.4 Å². The van der Waals surface area contributed by atoms with E-state index in [1.807, 2.05) is 0 Å². The van der Waals surface area contributed by atoms with E-state index in [2.05, 4.69) is 15.8 Å². The Bertz CT molecular complexity index is 1370. The predicted molar refractivity (Wildman–Crippen MR) is 135 cm³/mol. The zero-order valence-corrected chi connectivity index (χ0v) is 19.8. The Kier molecular flexibility index (Phi) is 8.14. The monoisotopic (exact) mass is 488 g/mol. The summed E-state index contributed by atoms with van der Waals surface area (Å²) >= 11 is 0. The third-order valence-corrected chi connectivity index (χ3v) is 5.19. The Labute approximate surface area is 207 Å². The van der Waals surface area contributed by atoms with Gasteiger partial charge in [-0.3, -0.25) is 19.7 Å². The lowest BCUT2D eigenvalue weighted by atomic mass is 10.1. The van der Waals surface area contributed by atoms with Gasteiger partial charge in [0.05, 0.1) is 17.7 Å². The summed E-state index contributed by atoms with van der Waals surface area (Å²) in [5.74, 6) is -1.25. The fourth-order valence-corrected chi connectivity index (χ4v) is 3.25. The molecule has 0 aliphatic carbocycles. The molecule has 10 heteroatoms. The Morgan fingerprint density at radius 1 is 1.08 bits per heavy atom. The van der Waals surface area contributed by atoms with Crippen molar-refractivity contribution in [3.8, 4) is 11.5 Å². The first-order valence-electron chi connectivity index (χ1n) is 10.8. The molecule has 0 spiro atoms. The number of hydrogen-bond donors (Lipinski definition) is 3. The van der Waals surface area contributed by atoms with Crippen LogP contribution in [0.3, 0.4) is 0 Å². The van der Waals surface area contributed by atoms with Gasteiger partial charge in [0, 0.05) is 17.2 Å². The van der Waals surface area contributed by atoms with Crippen molar-refractivity contribution in [2.24, 2.45) is 5.10 Å². The molecule has 0 saturated carbocycles. The topological polar surface area (TPSA) is 143 Å². The highest BCUT2D eigenvalue weighted by atomic mass is 16.6. The Morgan fingerprint density at radius 3 is 2.47 bits per heavy atom. The first-order chi connectivity index (χ1) is 17.2. The van der Waals surface area contributed by atoms with Crippen LogP contribution in [-0.4, -0.2) is 34.7 Å². The number of phenolic OH excluding ortho intramolecular Hbond substituents is 1. The molecule has 10 nitrogen and oxygen atoms in total. The third kappa shape index (κ3) is 6.11. The molecular weight excluding hydrogens is 464 g/mol. The van der Waals surface area contributed by atoms with E-state index in [4.69, 9.17) is 4.74 Å². The minimum Gasteiger partial charge on any atom is -0.507 e. The quantitative estimate of drug-likeness (QED) is 0.190. The second kappa shape index (κ2) is 11.4. The van der Waals surface area contributed by atoms with Crippen LogP contribution in [0.1, 0.15) is 34.0 Å². The molecule has 184 valence electrons. The van der Waals surface area contributed by atoms with E-state index in [0.29, 0.717) is 22.4 Å². The van der Waals surface area contributed by atoms with Crippen LogP contribution in [-0.2, 0) is 4.79 Å². The van der Waals surface area contributed by atoms with Crippen molar-refractivity contribution in [3.05, 3.63) is 105 Å². The van der Waals surface area contributed by atoms with Gasteiger partial charge in [-0.2, -0.15) is 5.10 Å². The highest BCUT2D eigenvalue weighted by molar-refractivity contribution is 6.06. The maximum absolute atomic E-state index is 13.0. The van der Waals surface area contributed by atoms with Crippen LogP contribution in [0.2, 0.25) is 0 Å². The van der Waals surface area contributed by atoms with E-state index >= 15 is 0 Å². The molecule has 0 heterocycles. The average molecular weight is 489 g/mol. The molecule has 3 rings (SSSR count). The molecule has 2 amide bonds. The van der Waals surface area contributed by atoms with Crippen molar-refractivity contribution in [1.29, 1.82) is 0 Å². The Balaban J connectivity index is 1.96. The molecule has 0 saturated heterocycles. The standard InChI is InChI=1S/C26H24N4O6/c1-16-8-7-11-20(24(16)31)17(2)28-29-26(33)21(27-25(32)19-9-5-4-6-10-19)14-18-12-13-23(36-3)22(15-18)30(34)35/h4-15,31H,1-3H3,(H,27,32)(H,29,33)/b21-14-,28-17+. The minimum atomic E-state index is -0.774. The molecule has 3 aromatic rings. The normalized spacial score (nSPS) is 11.5. The molecule has 36 heavy (non-hydrogen) atoms. The van der Waals surface area contributed by atoms with Gasteiger partial charge < -0.3 is 15.2 Å². The number of hydrazone groups is 1. The van der Waals surface area contributed by atoms with Crippen LogP contribution in [0.15, 0.2) is 77.5 Å². The van der Waals surface area contributed by atoms with Gasteiger partial charge in [0.2, 0.25) is 0 Å². The molecule has 0 bridgehead atoms. The number of carbonyl (C=O) groups is 2. The number of para-hydroxylation sites is 1. The minimum absolute atomic E-state index is 0.0340. The summed E-state index contributed by atoms with van der Waals surface area (Å²) in [5, 5.41) is 28.2. The molecule has 0 fully saturated rings. The van der Waals surface area contributed by atoms with Gasteiger partial charge in [-0.05, 0) is 55.3 Å². The average Bonchev–Trinajstić information content (AvgIpc) is 2.88. The van der Waals surface area contributed by atoms with Crippen LogP contribution < -0.4 is 15.5 Å². The molecule has 0 aromatic heterocycles. The van der Waals surface area contributed by atoms with E-state index < -0.39 is 16.7 Å². The van der Waals surface area contributed by atoms with Crippen LogP contribution >= 0.6 is 0 Å². The number of aromatic hydroxyl groups is 1. The number of nitrogens with one attached hydrogen (secondary N) is 2. The number of nitro benzene ring substituents is 1. The molecule has 0 unspecified atom stereocenters. The van der Waals surface area contributed by atoms with Crippen molar-refractivity contribution in [2.75, 3.05) is 7.11 Å². The number of aryl methyl sites for hydroxylation is 1. The zero-order valence-electron chi connectivity index (χ0n) is 19.8. The van der Waals surface area contributed by atoms with E-state index in [9.17, 15) is 24.8 Å². The fourth-order valence-electron chi connectivity index (χ4n) is 3.25. The molecule has 0 atom stereocenters. The van der Waals surface area contributed by atoms with Crippen LogP contribution in [0.4, 0.5) is 5.69 Å². The molecule has 3 N–H and O–H groups in total. The number of nitrogens with zero attached hydrogens (tertiary/aromatic N) is 2. The summed E-state index contributed by atoms with van der Waals surface area (Å²) in [5.41, 5.74) is 3.85. The van der Waals surface area contributed by atoms with Crippen molar-refractivity contribution in [3.63, 3.8) is 0 Å². The lowest BCUT2D eigenvalue weighted by Gasteiger charge is -2.11. The second-order valence-electron chi connectivity index (χ2n) is 7.68. The van der Waals surface area contributed by atoms with Crippen molar-refractivity contribution >= 4 is 29.3 Å². The molecule has 0 aliphatic rings. The number of benzene rings is 3. The number of hydrogen-bond acceptors (Lipinski definition) is 7. The first kappa shape index (κ1) is 25.6. The van der Waals surface area contributed by atoms with Gasteiger partial charge in [0.1, 0.15) is 11.4 Å². The maximum atomic E-state index is 13.0. The van der Waals surface area contributed by atoms with Gasteiger partial charge in [0.25, 0.3) is 11.8 Å². The number of carbonyl (C=O) groups excluding carboxylic acids is 2. The van der Waals surface area contributed by atoms with Crippen LogP contribution in [0.5, 0.6) is 11.5 Å². The highest BCUT2D eigenvalue weighted by Crippen LogP contribution is 2.28. The lowest BCUT2D eigenvalue weighted by molar-refractivity contribution is -0.385. The summed E-state index contributed by atoms with van der Waals surface area (Å²) in [6, 6.07) is 17.5. The third-order valence-electron chi connectivity index (χ3n) is 5.19. The smallest absolute Gasteiger partial charge is 0.311 e. The lowest BCUT2D eigenvalue weighted by Crippen LogP contribution is -2.33. The summed E-state index contributed by atoms with van der Waals surface area (Å²) < 4.78 is 5.01. The summed E-state index contributed by atoms with van der Waals surface area (Å²) in [7, 11) is 1.31. The Morgan fingerprint density at radius 2 is 1.81 bits per heavy atom. The number of phenols is 1. The van der Waals surface area contributed by atoms with E-state index in [-0.39, 0.29) is 28.4 Å². The first-order valence-corrected chi connectivity index (χ1v) is 10.8. The molecule has 3 aromatic carbocycles. The fraction of sp³-hybridized carbons (Fsp3) is 0.115. The van der Waals surface area contributed by atoms with Gasteiger partial charge in [0.15, 0.2) is 5.75 Å². The summed E-state index contributed by atoms with van der Waals surface area (Å²) in [4.78, 5) is 36.5. The second-order valence-corrected chi connectivity index (χ2v) is 7.68. The zero-order chi connectivity index (χ0) is 26.2. The highest BCUT2D eigenvalue weighted by Gasteiger charge is 2.18. The van der Waals surface area contributed by atoms with Gasteiger partial charge in [-0.15, -0.1) is 0 Å². The molecular formula is C26H24N4O6. The largest absolute Gasteiger partial charge is 0.507 e. The van der Waals surface area contributed by atoms with Crippen molar-refractivity contribution < 1.29 is 24.4 Å². The Hall–Kier alpha value is -4.99. The van der Waals surface area contributed by atoms with Gasteiger partial charge >= 0.3 is 5.69 Å². The number of nitro groups is 1. The molecule has 0 aliphatic heterocycles. The van der Waals surface area contributed by atoms with Crippen molar-refractivity contribution in [2.45, 2.75) is 13.8 Å². The number of amides is 2. The summed E-state index contributed by atoms with van der Waals surface area (Å²) in [6.07, 6.45) is 1.29. The number of rotatable bonds is 8. The van der Waals surface area contributed by atoms with E-state index in [0.717, 1.165) is 0 Å². The SMILES string of the molecule is COc1ccc(/C=C(\NC(=O)c2ccccc2)C(=O)N/N=C(\C)c2cccc(C)c2O)cc1[N+](=O)[O-]. The van der Waals surface area contributed by atoms with Crippen LogP contribution in [0, 0.1) is 17.0 Å². The van der Waals surface area contributed by atoms with Crippen LogP contribution in [0.25, 0.3) is 6.08 Å². The van der Waals surface area contributed by atoms with Crippen molar-refractivity contribution in [1.82, 2.24) is 10.7 Å². The predicted octanol–water partition coefficient (Wildman–Crippen LogP) is 3.93. The van der Waals surface area contributed by atoms with E-state index in [1.54, 1.807) is 62.4 Å². The number of ether oxygens (including phenoxy) is 1. The number of methoxy groups -OCH3 is 1. The van der Waals surface area contributed by atoms with Gasteiger partial charge in [-0.25, -0.2) is 5.43 Å². The summed E-state index contributed by atoms with van der Waals surface area (Å²) in [6.45, 7) is 3.34. The molecule has 0 radical (unpaired) electrons. The maximum Gasteiger partial charge on any atom is 0.311 e. The van der Waals surface area contributed by atoms with E-state index in [1.165, 1.54) is 31.4 Å².